The highest BCUT2D eigenvalue weighted by Gasteiger charge is 2.30. The second kappa shape index (κ2) is 3.66. The van der Waals surface area contributed by atoms with Crippen molar-refractivity contribution in [1.29, 1.82) is 0 Å². The van der Waals surface area contributed by atoms with E-state index in [9.17, 15) is 4.79 Å². The molecule has 1 N–H and O–H groups in total. The molecule has 0 spiro atoms. The molecule has 1 saturated heterocycles. The summed E-state index contributed by atoms with van der Waals surface area (Å²) in [6, 6.07) is -0.0887. The van der Waals surface area contributed by atoms with Gasteiger partial charge < -0.3 is 10.1 Å². The van der Waals surface area contributed by atoms with E-state index in [4.69, 9.17) is 4.74 Å². The number of ether oxygens (including phenoxy) is 1. The predicted molar refractivity (Wildman–Crippen MR) is 51.4 cm³/mol. The van der Waals surface area contributed by atoms with E-state index in [1.54, 1.807) is 0 Å². The molecule has 3 nitrogen and oxygen atoms in total. The van der Waals surface area contributed by atoms with Crippen LogP contribution in [0.1, 0.15) is 34.1 Å². The third-order valence-electron chi connectivity index (χ3n) is 2.04. The lowest BCUT2D eigenvalue weighted by Crippen LogP contribution is -2.37. The van der Waals surface area contributed by atoms with Gasteiger partial charge in [0, 0.05) is 0 Å². The van der Waals surface area contributed by atoms with Gasteiger partial charge in [-0.05, 0) is 39.7 Å². The average molecular weight is 185 g/mol. The van der Waals surface area contributed by atoms with Gasteiger partial charge in [-0.15, -0.1) is 0 Å². The molecule has 0 amide bonds. The minimum Gasteiger partial charge on any atom is -0.459 e. The zero-order chi connectivity index (χ0) is 10.1. The first-order chi connectivity index (χ1) is 5.88. The van der Waals surface area contributed by atoms with Crippen LogP contribution in [0.2, 0.25) is 0 Å². The molecule has 0 aromatic heterocycles. The molecule has 76 valence electrons. The highest BCUT2D eigenvalue weighted by Crippen LogP contribution is 2.16. The van der Waals surface area contributed by atoms with Crippen LogP contribution < -0.4 is 5.32 Å². The summed E-state index contributed by atoms with van der Waals surface area (Å²) in [4.78, 5) is 11.5. The lowest BCUT2D eigenvalue weighted by atomic mass is 10.1. The van der Waals surface area contributed by atoms with Crippen molar-refractivity contribution < 1.29 is 9.53 Å². The van der Waals surface area contributed by atoms with Crippen LogP contribution in [0.15, 0.2) is 0 Å². The third kappa shape index (κ3) is 3.35. The molecule has 0 aromatic carbocycles. The highest BCUT2D eigenvalue weighted by atomic mass is 16.6. The van der Waals surface area contributed by atoms with Crippen LogP contribution >= 0.6 is 0 Å². The highest BCUT2D eigenvalue weighted by molar-refractivity contribution is 5.76. The van der Waals surface area contributed by atoms with Crippen molar-refractivity contribution >= 4 is 5.97 Å². The van der Waals surface area contributed by atoms with Crippen molar-refractivity contribution in [3.63, 3.8) is 0 Å². The van der Waals surface area contributed by atoms with E-state index < -0.39 is 0 Å². The Hall–Kier alpha value is -0.570. The molecule has 1 aliphatic rings. The van der Waals surface area contributed by atoms with Gasteiger partial charge in [-0.25, -0.2) is 0 Å². The first-order valence-electron chi connectivity index (χ1n) is 4.85. The van der Waals surface area contributed by atoms with E-state index >= 15 is 0 Å². The minimum absolute atomic E-state index is 0.0887. The summed E-state index contributed by atoms with van der Waals surface area (Å²) in [7, 11) is 0. The molecule has 13 heavy (non-hydrogen) atoms. The number of hydrogen-bond donors (Lipinski definition) is 1. The predicted octanol–water partition coefficient (Wildman–Crippen LogP) is 1.33. The summed E-state index contributed by atoms with van der Waals surface area (Å²) in [5.41, 5.74) is -0.370. The maximum atomic E-state index is 11.5. The van der Waals surface area contributed by atoms with Gasteiger partial charge in [0.25, 0.3) is 0 Å². The number of rotatable bonds is 1. The fraction of sp³-hybridized carbons (Fsp3) is 0.900. The van der Waals surface area contributed by atoms with Gasteiger partial charge in [-0.3, -0.25) is 4.79 Å². The molecule has 0 radical (unpaired) electrons. The zero-order valence-corrected chi connectivity index (χ0v) is 8.89. The topological polar surface area (TPSA) is 38.3 Å². The fourth-order valence-electron chi connectivity index (χ4n) is 1.46. The molecule has 1 fully saturated rings. The Morgan fingerprint density at radius 2 is 2.08 bits per heavy atom. The maximum Gasteiger partial charge on any atom is 0.323 e. The molecule has 1 rings (SSSR count). The van der Waals surface area contributed by atoms with E-state index in [-0.39, 0.29) is 17.6 Å². The van der Waals surface area contributed by atoms with E-state index in [2.05, 4.69) is 12.2 Å². The van der Waals surface area contributed by atoms with Gasteiger partial charge in [-0.2, -0.15) is 0 Å². The van der Waals surface area contributed by atoms with Gasteiger partial charge in [0.1, 0.15) is 11.6 Å². The molecule has 0 bridgehead atoms. The summed E-state index contributed by atoms with van der Waals surface area (Å²) in [6.45, 7) is 8.73. The molecule has 0 aromatic rings. The third-order valence-corrected chi connectivity index (χ3v) is 2.04. The largest absolute Gasteiger partial charge is 0.459 e. The summed E-state index contributed by atoms with van der Waals surface area (Å²) in [5.74, 6) is 0.467. The molecule has 1 unspecified atom stereocenters. The second-order valence-electron chi connectivity index (χ2n) is 4.84. The molecule has 1 aliphatic heterocycles. The monoisotopic (exact) mass is 185 g/mol. The van der Waals surface area contributed by atoms with Crippen LogP contribution in [0.4, 0.5) is 0 Å². The number of carbonyl (C=O) groups is 1. The Morgan fingerprint density at radius 3 is 2.46 bits per heavy atom. The first-order valence-corrected chi connectivity index (χ1v) is 4.85. The van der Waals surface area contributed by atoms with Gasteiger partial charge in [-0.1, -0.05) is 6.92 Å². The molecular formula is C10H19NO2. The molecule has 0 aliphatic carbocycles. The lowest BCUT2D eigenvalue weighted by molar-refractivity contribution is -0.157. The number of carbonyl (C=O) groups excluding carboxylic acids is 1. The van der Waals surface area contributed by atoms with Crippen molar-refractivity contribution in [3.8, 4) is 0 Å². The van der Waals surface area contributed by atoms with Gasteiger partial charge >= 0.3 is 5.97 Å². The Balaban J connectivity index is 2.41. The standard InChI is InChI=1S/C10H19NO2/c1-7-5-8(11-6-7)9(12)13-10(2,3)4/h7-8,11H,5-6H2,1-4H3/t7?,8-/m0/s1. The zero-order valence-electron chi connectivity index (χ0n) is 8.89. The smallest absolute Gasteiger partial charge is 0.323 e. The van der Waals surface area contributed by atoms with Crippen LogP contribution in [0.3, 0.4) is 0 Å². The van der Waals surface area contributed by atoms with Crippen molar-refractivity contribution in [2.45, 2.75) is 45.8 Å². The van der Waals surface area contributed by atoms with Crippen LogP contribution in [-0.4, -0.2) is 24.2 Å². The average Bonchev–Trinajstić information content (AvgIpc) is 2.31. The fourth-order valence-corrected chi connectivity index (χ4v) is 1.46. The first kappa shape index (κ1) is 10.5. The van der Waals surface area contributed by atoms with E-state index in [1.165, 1.54) is 0 Å². The number of hydrogen-bond acceptors (Lipinski definition) is 3. The SMILES string of the molecule is CC1CN[C@H](C(=O)OC(C)(C)C)C1. The van der Waals surface area contributed by atoms with Gasteiger partial charge in [0.05, 0.1) is 0 Å². The van der Waals surface area contributed by atoms with Gasteiger partial charge in [0.2, 0.25) is 0 Å². The van der Waals surface area contributed by atoms with E-state index in [0.29, 0.717) is 5.92 Å². The van der Waals surface area contributed by atoms with E-state index in [0.717, 1.165) is 13.0 Å². The quantitative estimate of drug-likeness (QED) is 0.626. The molecule has 2 atom stereocenters. The Labute approximate surface area is 79.8 Å². The van der Waals surface area contributed by atoms with Gasteiger partial charge in [0.15, 0.2) is 0 Å². The van der Waals surface area contributed by atoms with E-state index in [1.807, 2.05) is 20.8 Å². The molecule has 3 heteroatoms. The van der Waals surface area contributed by atoms with Crippen LogP contribution in [0, 0.1) is 5.92 Å². The summed E-state index contributed by atoms with van der Waals surface area (Å²) in [6.07, 6.45) is 0.898. The van der Waals surface area contributed by atoms with Crippen molar-refractivity contribution in [3.05, 3.63) is 0 Å². The van der Waals surface area contributed by atoms with Crippen LogP contribution in [0.25, 0.3) is 0 Å². The van der Waals surface area contributed by atoms with Crippen molar-refractivity contribution in [2.24, 2.45) is 5.92 Å². The molecular weight excluding hydrogens is 166 g/mol. The minimum atomic E-state index is -0.370. The van der Waals surface area contributed by atoms with Crippen LogP contribution in [0.5, 0.6) is 0 Å². The molecule has 0 saturated carbocycles. The number of nitrogens with one attached hydrogen (secondary N) is 1. The maximum absolute atomic E-state index is 11.5. The molecule has 1 heterocycles. The second-order valence-corrected chi connectivity index (χ2v) is 4.84. The Morgan fingerprint density at radius 1 is 1.46 bits per heavy atom. The lowest BCUT2D eigenvalue weighted by Gasteiger charge is -2.22. The number of esters is 1. The summed E-state index contributed by atoms with van der Waals surface area (Å²) < 4.78 is 5.27. The summed E-state index contributed by atoms with van der Waals surface area (Å²) >= 11 is 0. The normalized spacial score (nSPS) is 28.9. The Bertz CT molecular complexity index is 196. The van der Waals surface area contributed by atoms with Crippen LogP contribution in [-0.2, 0) is 9.53 Å². The Kier molecular flexibility index (Phi) is 2.96. The van der Waals surface area contributed by atoms with Crippen molar-refractivity contribution in [1.82, 2.24) is 5.32 Å². The van der Waals surface area contributed by atoms with Crippen molar-refractivity contribution in [2.75, 3.05) is 6.54 Å². The summed E-state index contributed by atoms with van der Waals surface area (Å²) in [5, 5.41) is 3.15.